The second-order valence-corrected chi connectivity index (χ2v) is 3.24. The summed E-state index contributed by atoms with van der Waals surface area (Å²) in [5.41, 5.74) is 9.78. The van der Waals surface area contributed by atoms with Crippen LogP contribution in [0, 0.1) is 12.1 Å². The molecule has 15 heavy (non-hydrogen) atoms. The van der Waals surface area contributed by atoms with Gasteiger partial charge in [-0.05, 0) is 24.6 Å². The zero-order chi connectivity index (χ0) is 10.8. The summed E-state index contributed by atoms with van der Waals surface area (Å²) in [6, 6.07) is 8.81. The summed E-state index contributed by atoms with van der Waals surface area (Å²) in [6.07, 6.45) is 0. The van der Waals surface area contributed by atoms with Crippen LogP contribution < -0.4 is 4.73 Å². The van der Waals surface area contributed by atoms with E-state index in [1.54, 1.807) is 12.1 Å². The molecule has 0 fully saturated rings. The van der Waals surface area contributed by atoms with Gasteiger partial charge in [0, 0.05) is 17.0 Å². The molecular formula is C10H8N4O. The molecule has 5 heteroatoms. The van der Waals surface area contributed by atoms with Crippen molar-refractivity contribution in [1.82, 2.24) is 0 Å². The van der Waals surface area contributed by atoms with Gasteiger partial charge in [0.25, 0.3) is 0 Å². The third-order valence-corrected chi connectivity index (χ3v) is 2.17. The van der Waals surface area contributed by atoms with E-state index in [0.29, 0.717) is 10.2 Å². The lowest BCUT2D eigenvalue weighted by Gasteiger charge is -2.06. The van der Waals surface area contributed by atoms with Gasteiger partial charge in [-0.15, -0.1) is 0 Å². The van der Waals surface area contributed by atoms with Crippen LogP contribution in [0.2, 0.25) is 0 Å². The molecule has 0 radical (unpaired) electrons. The van der Waals surface area contributed by atoms with Crippen LogP contribution in [0.4, 0.5) is 5.82 Å². The Morgan fingerprint density at radius 2 is 2.07 bits per heavy atom. The Morgan fingerprint density at radius 3 is 2.80 bits per heavy atom. The van der Waals surface area contributed by atoms with Crippen LogP contribution in [0.5, 0.6) is 0 Å². The number of nitrogens with zero attached hydrogens (tertiary/aromatic N) is 4. The number of aryl methyl sites for hydroxylation is 1. The highest BCUT2D eigenvalue weighted by atomic mass is 16.5. The van der Waals surface area contributed by atoms with Crippen molar-refractivity contribution in [3.05, 3.63) is 51.5 Å². The second kappa shape index (κ2) is 3.48. The van der Waals surface area contributed by atoms with Crippen LogP contribution in [-0.2, 0) is 0 Å². The van der Waals surface area contributed by atoms with Crippen molar-refractivity contribution in [2.24, 2.45) is 5.11 Å². The minimum atomic E-state index is 0.0654. The van der Waals surface area contributed by atoms with Crippen molar-refractivity contribution in [1.29, 1.82) is 0 Å². The monoisotopic (exact) mass is 200 g/mol. The van der Waals surface area contributed by atoms with Gasteiger partial charge < -0.3 is 5.21 Å². The van der Waals surface area contributed by atoms with Gasteiger partial charge in [-0.25, -0.2) is 4.73 Å². The number of aromatic nitrogens is 1. The number of fused-ring (bicyclic) bond motifs is 1. The highest BCUT2D eigenvalue weighted by Crippen LogP contribution is 2.16. The quantitative estimate of drug-likeness (QED) is 0.229. The molecule has 2 rings (SSSR count). The average Bonchev–Trinajstić information content (AvgIpc) is 2.23. The number of benzene rings is 1. The van der Waals surface area contributed by atoms with Gasteiger partial charge in [-0.3, -0.25) is 0 Å². The normalized spacial score (nSPS) is 9.93. The van der Waals surface area contributed by atoms with Crippen molar-refractivity contribution in [3.8, 4) is 0 Å². The summed E-state index contributed by atoms with van der Waals surface area (Å²) in [7, 11) is 0. The summed E-state index contributed by atoms with van der Waals surface area (Å²) in [5.74, 6) is 0.0654. The molecule has 0 bridgehead atoms. The Kier molecular flexibility index (Phi) is 2.15. The van der Waals surface area contributed by atoms with E-state index in [1.807, 2.05) is 19.1 Å². The van der Waals surface area contributed by atoms with Crippen LogP contribution in [0.15, 0.2) is 35.4 Å². The Bertz CT molecular complexity index is 573. The third kappa shape index (κ3) is 1.56. The Hall–Kier alpha value is -2.26. The fraction of sp³-hybridized carbons (Fsp3) is 0.100. The van der Waals surface area contributed by atoms with E-state index in [2.05, 4.69) is 10.0 Å². The molecule has 0 aliphatic carbocycles. The van der Waals surface area contributed by atoms with Crippen LogP contribution in [-0.4, -0.2) is 0 Å². The van der Waals surface area contributed by atoms with Crippen molar-refractivity contribution in [2.75, 3.05) is 0 Å². The van der Waals surface area contributed by atoms with E-state index in [9.17, 15) is 5.21 Å². The zero-order valence-electron chi connectivity index (χ0n) is 8.08. The molecule has 2 aromatic rings. The summed E-state index contributed by atoms with van der Waals surface area (Å²) in [4.78, 5) is 2.60. The maximum Gasteiger partial charge on any atom is 0.420 e. The van der Waals surface area contributed by atoms with E-state index >= 15 is 0 Å². The average molecular weight is 200 g/mol. The highest BCUT2D eigenvalue weighted by molar-refractivity contribution is 5.77. The van der Waals surface area contributed by atoms with Gasteiger partial charge in [0.2, 0.25) is 4.91 Å². The second-order valence-electron chi connectivity index (χ2n) is 3.24. The van der Waals surface area contributed by atoms with E-state index in [1.165, 1.54) is 6.07 Å². The van der Waals surface area contributed by atoms with Crippen molar-refractivity contribution in [2.45, 2.75) is 6.92 Å². The topological polar surface area (TPSA) is 75.7 Å². The van der Waals surface area contributed by atoms with Crippen molar-refractivity contribution < 1.29 is 4.73 Å². The molecule has 1 aromatic carbocycles. The third-order valence-electron chi connectivity index (χ3n) is 2.17. The summed E-state index contributed by atoms with van der Waals surface area (Å²) < 4.78 is 0.641. The molecule has 0 saturated heterocycles. The maximum atomic E-state index is 11.7. The molecule has 0 spiro atoms. The Morgan fingerprint density at radius 1 is 1.33 bits per heavy atom. The molecule has 0 atom stereocenters. The van der Waals surface area contributed by atoms with E-state index in [0.717, 1.165) is 10.9 Å². The summed E-state index contributed by atoms with van der Waals surface area (Å²) >= 11 is 0. The zero-order valence-corrected chi connectivity index (χ0v) is 8.08. The van der Waals surface area contributed by atoms with Crippen LogP contribution in [0.3, 0.4) is 0 Å². The first-order valence-electron chi connectivity index (χ1n) is 4.40. The smallest absolute Gasteiger partial charge is 0.420 e. The SMILES string of the molecule is Cc1ccc2ccc(N=[N+]=[N-])[n+]([O-])c2c1. The fourth-order valence-corrected chi connectivity index (χ4v) is 1.45. The van der Waals surface area contributed by atoms with Gasteiger partial charge in [0.05, 0.1) is 0 Å². The number of rotatable bonds is 1. The Labute approximate surface area is 85.8 Å². The number of pyridine rings is 1. The summed E-state index contributed by atoms with van der Waals surface area (Å²) in [6.45, 7) is 1.90. The van der Waals surface area contributed by atoms with E-state index < -0.39 is 0 Å². The lowest BCUT2D eigenvalue weighted by molar-refractivity contribution is -0.563. The van der Waals surface area contributed by atoms with Gasteiger partial charge >= 0.3 is 10.9 Å². The number of hydrogen-bond acceptors (Lipinski definition) is 2. The predicted octanol–water partition coefficient (Wildman–Crippen LogP) is 2.72. The molecule has 5 nitrogen and oxygen atoms in total. The largest absolute Gasteiger partial charge is 0.710 e. The molecule has 74 valence electrons. The molecule has 1 heterocycles. The first-order valence-corrected chi connectivity index (χ1v) is 4.40. The van der Waals surface area contributed by atoms with Gasteiger partial charge in [-0.1, -0.05) is 12.1 Å². The lowest BCUT2D eigenvalue weighted by atomic mass is 10.1. The fourth-order valence-electron chi connectivity index (χ4n) is 1.45. The number of azide groups is 1. The molecule has 0 amide bonds. The predicted molar refractivity (Wildman–Crippen MR) is 56.5 cm³/mol. The minimum absolute atomic E-state index is 0.0654. The molecule has 0 saturated carbocycles. The summed E-state index contributed by atoms with van der Waals surface area (Å²) in [5, 5.41) is 15.9. The first kappa shape index (κ1) is 9.30. The van der Waals surface area contributed by atoms with Crippen molar-refractivity contribution in [3.63, 3.8) is 0 Å². The van der Waals surface area contributed by atoms with E-state index in [4.69, 9.17) is 5.53 Å². The minimum Gasteiger partial charge on any atom is -0.710 e. The van der Waals surface area contributed by atoms with Crippen LogP contribution in [0.1, 0.15) is 5.56 Å². The molecule has 1 aromatic heterocycles. The molecule has 0 aliphatic rings. The lowest BCUT2D eigenvalue weighted by Crippen LogP contribution is -2.27. The number of hydrogen-bond donors (Lipinski definition) is 0. The van der Waals surface area contributed by atoms with Crippen molar-refractivity contribution >= 4 is 16.7 Å². The van der Waals surface area contributed by atoms with Crippen LogP contribution >= 0.6 is 0 Å². The Balaban J connectivity index is 2.82. The van der Waals surface area contributed by atoms with Crippen LogP contribution in [0.25, 0.3) is 21.3 Å². The molecule has 0 unspecified atom stereocenters. The van der Waals surface area contributed by atoms with Gasteiger partial charge in [0.1, 0.15) is 5.52 Å². The standard InChI is InChI=1S/C10H8N4O/c1-7-2-3-8-4-5-10(12-13-11)14(15)9(8)6-7/h2-6H,1H3. The maximum absolute atomic E-state index is 11.7. The molecule has 0 aliphatic heterocycles. The molecular weight excluding hydrogens is 192 g/mol. The first-order chi connectivity index (χ1) is 7.22. The highest BCUT2D eigenvalue weighted by Gasteiger charge is 2.12. The van der Waals surface area contributed by atoms with Gasteiger partial charge in [-0.2, -0.15) is 0 Å². The van der Waals surface area contributed by atoms with Gasteiger partial charge in [0.15, 0.2) is 0 Å². The molecule has 0 N–H and O–H groups in total. The van der Waals surface area contributed by atoms with E-state index in [-0.39, 0.29) is 5.82 Å².